The summed E-state index contributed by atoms with van der Waals surface area (Å²) in [4.78, 5) is 29.8. The molecule has 1 amide bonds. The molecule has 25 heavy (non-hydrogen) atoms. The Bertz CT molecular complexity index is 809. The summed E-state index contributed by atoms with van der Waals surface area (Å²) >= 11 is 0. The molecule has 2 aromatic rings. The predicted octanol–water partition coefficient (Wildman–Crippen LogP) is 3.12. The number of hydrogen-bond donors (Lipinski definition) is 0. The Hall–Kier alpha value is -2.83. The molecule has 0 saturated heterocycles. The van der Waals surface area contributed by atoms with E-state index in [1.54, 1.807) is 13.8 Å². The fourth-order valence-electron chi connectivity index (χ4n) is 2.26. The highest BCUT2D eigenvalue weighted by Crippen LogP contribution is 2.15. The first kappa shape index (κ1) is 18.5. The average Bonchev–Trinajstić information content (AvgIpc) is 2.58. The molecule has 0 bridgehead atoms. The maximum Gasteiger partial charge on any atom is 0.339 e. The van der Waals surface area contributed by atoms with E-state index in [0.29, 0.717) is 11.3 Å². The molecule has 7 heteroatoms. The molecule has 0 aliphatic rings. The van der Waals surface area contributed by atoms with Crippen LogP contribution in [0, 0.1) is 18.6 Å². The van der Waals surface area contributed by atoms with Gasteiger partial charge in [-0.2, -0.15) is 0 Å². The molecule has 0 aliphatic carbocycles. The van der Waals surface area contributed by atoms with Crippen LogP contribution < -0.4 is 0 Å². The summed E-state index contributed by atoms with van der Waals surface area (Å²) in [6, 6.07) is 4.88. The summed E-state index contributed by atoms with van der Waals surface area (Å²) in [7, 11) is 1.53. The topological polar surface area (TPSA) is 59.5 Å². The molecule has 0 atom stereocenters. The van der Waals surface area contributed by atoms with Gasteiger partial charge in [0, 0.05) is 19.8 Å². The molecular weight excluding hydrogens is 330 g/mol. The van der Waals surface area contributed by atoms with E-state index < -0.39 is 17.6 Å². The minimum absolute atomic E-state index is 0.0824. The van der Waals surface area contributed by atoms with E-state index in [9.17, 15) is 18.4 Å². The number of rotatable bonds is 5. The van der Waals surface area contributed by atoms with Crippen LogP contribution in [0.3, 0.4) is 0 Å². The van der Waals surface area contributed by atoms with Crippen molar-refractivity contribution in [1.29, 1.82) is 0 Å². The van der Waals surface area contributed by atoms with Crippen LogP contribution in [0.15, 0.2) is 30.5 Å². The summed E-state index contributed by atoms with van der Waals surface area (Å²) in [5.41, 5.74) is 1.32. The molecule has 2 rings (SSSR count). The Morgan fingerprint density at radius 1 is 1.20 bits per heavy atom. The standard InChI is InChI=1S/C18H18F2N2O3/c1-4-25-18(24)13-8-14(11(2)21-9-13)17(23)22(3)10-12-5-6-15(19)16(20)7-12/h5-9H,4,10H2,1-3H3. The van der Waals surface area contributed by atoms with Gasteiger partial charge in [0.25, 0.3) is 5.91 Å². The van der Waals surface area contributed by atoms with Crippen LogP contribution >= 0.6 is 0 Å². The first-order valence-electron chi connectivity index (χ1n) is 7.66. The summed E-state index contributed by atoms with van der Waals surface area (Å²) in [5, 5.41) is 0. The van der Waals surface area contributed by atoms with Crippen LogP contribution in [0.1, 0.15) is 38.9 Å². The van der Waals surface area contributed by atoms with Gasteiger partial charge in [-0.25, -0.2) is 13.6 Å². The van der Waals surface area contributed by atoms with Crippen molar-refractivity contribution in [2.24, 2.45) is 0 Å². The second-order valence-corrected chi connectivity index (χ2v) is 5.49. The highest BCUT2D eigenvalue weighted by molar-refractivity contribution is 5.98. The van der Waals surface area contributed by atoms with E-state index in [1.165, 1.54) is 30.3 Å². The summed E-state index contributed by atoms with van der Waals surface area (Å²) in [5.74, 6) is -2.87. The number of hydrogen-bond acceptors (Lipinski definition) is 4. The zero-order chi connectivity index (χ0) is 18.6. The van der Waals surface area contributed by atoms with Crippen molar-refractivity contribution in [2.45, 2.75) is 20.4 Å². The Morgan fingerprint density at radius 3 is 2.56 bits per heavy atom. The molecule has 1 aromatic heterocycles. The number of ether oxygens (including phenoxy) is 1. The van der Waals surface area contributed by atoms with Crippen LogP contribution in [0.2, 0.25) is 0 Å². The van der Waals surface area contributed by atoms with Gasteiger partial charge in [0.05, 0.1) is 23.4 Å². The van der Waals surface area contributed by atoms with E-state index in [0.717, 1.165) is 12.1 Å². The van der Waals surface area contributed by atoms with Gasteiger partial charge in [0.1, 0.15) is 0 Å². The van der Waals surface area contributed by atoms with E-state index in [-0.39, 0.29) is 30.2 Å². The third-order valence-corrected chi connectivity index (χ3v) is 3.58. The Morgan fingerprint density at radius 2 is 1.92 bits per heavy atom. The van der Waals surface area contributed by atoms with Gasteiger partial charge in [-0.05, 0) is 37.6 Å². The third-order valence-electron chi connectivity index (χ3n) is 3.58. The number of aromatic nitrogens is 1. The number of esters is 1. The molecule has 1 heterocycles. The lowest BCUT2D eigenvalue weighted by atomic mass is 10.1. The summed E-state index contributed by atoms with van der Waals surface area (Å²) in [6.07, 6.45) is 1.35. The molecule has 1 aromatic carbocycles. The Kier molecular flexibility index (Phi) is 5.80. The highest BCUT2D eigenvalue weighted by atomic mass is 19.2. The van der Waals surface area contributed by atoms with Gasteiger partial charge in [0.15, 0.2) is 11.6 Å². The number of pyridine rings is 1. The van der Waals surface area contributed by atoms with E-state index in [1.807, 2.05) is 0 Å². The fourth-order valence-corrected chi connectivity index (χ4v) is 2.26. The molecular formula is C18H18F2N2O3. The van der Waals surface area contributed by atoms with Crippen LogP contribution in [0.25, 0.3) is 0 Å². The highest BCUT2D eigenvalue weighted by Gasteiger charge is 2.19. The lowest BCUT2D eigenvalue weighted by molar-refractivity contribution is 0.0526. The van der Waals surface area contributed by atoms with Gasteiger partial charge >= 0.3 is 5.97 Å². The minimum atomic E-state index is -0.972. The number of nitrogens with zero attached hydrogens (tertiary/aromatic N) is 2. The molecule has 0 saturated carbocycles. The fraction of sp³-hybridized carbons (Fsp3) is 0.278. The van der Waals surface area contributed by atoms with Crippen LogP contribution in [-0.4, -0.2) is 35.4 Å². The van der Waals surface area contributed by atoms with E-state index in [2.05, 4.69) is 4.98 Å². The average molecular weight is 348 g/mol. The molecule has 132 valence electrons. The molecule has 0 spiro atoms. The SMILES string of the molecule is CCOC(=O)c1cnc(C)c(C(=O)N(C)Cc2ccc(F)c(F)c2)c1. The van der Waals surface area contributed by atoms with E-state index >= 15 is 0 Å². The largest absolute Gasteiger partial charge is 0.462 e. The van der Waals surface area contributed by atoms with Crippen molar-refractivity contribution in [3.05, 3.63) is 64.5 Å². The van der Waals surface area contributed by atoms with Crippen molar-refractivity contribution in [3.8, 4) is 0 Å². The van der Waals surface area contributed by atoms with Gasteiger partial charge in [-0.3, -0.25) is 9.78 Å². The summed E-state index contributed by atoms with van der Waals surface area (Å²) < 4.78 is 31.2. The van der Waals surface area contributed by atoms with Crippen LogP contribution in [0.5, 0.6) is 0 Å². The van der Waals surface area contributed by atoms with Gasteiger partial charge in [-0.15, -0.1) is 0 Å². The second-order valence-electron chi connectivity index (χ2n) is 5.49. The molecule has 0 fully saturated rings. The summed E-state index contributed by atoms with van der Waals surface area (Å²) in [6.45, 7) is 3.62. The molecule has 0 N–H and O–H groups in total. The van der Waals surface area contributed by atoms with Crippen molar-refractivity contribution >= 4 is 11.9 Å². The Labute approximate surface area is 144 Å². The molecule has 0 radical (unpaired) electrons. The van der Waals surface area contributed by atoms with Gasteiger partial charge in [0.2, 0.25) is 0 Å². The number of carbonyl (C=O) groups is 2. The number of halogens is 2. The van der Waals surface area contributed by atoms with Crippen LogP contribution in [-0.2, 0) is 11.3 Å². The van der Waals surface area contributed by atoms with Crippen LogP contribution in [0.4, 0.5) is 8.78 Å². The molecule has 0 unspecified atom stereocenters. The minimum Gasteiger partial charge on any atom is -0.462 e. The smallest absolute Gasteiger partial charge is 0.339 e. The van der Waals surface area contributed by atoms with E-state index in [4.69, 9.17) is 4.74 Å². The van der Waals surface area contributed by atoms with Crippen molar-refractivity contribution in [2.75, 3.05) is 13.7 Å². The second kappa shape index (κ2) is 7.83. The maximum atomic E-state index is 13.3. The van der Waals surface area contributed by atoms with Gasteiger partial charge in [-0.1, -0.05) is 6.07 Å². The van der Waals surface area contributed by atoms with Gasteiger partial charge < -0.3 is 9.64 Å². The number of aryl methyl sites for hydroxylation is 1. The number of carbonyl (C=O) groups excluding carboxylic acids is 2. The molecule has 0 aliphatic heterocycles. The zero-order valence-electron chi connectivity index (χ0n) is 14.2. The quantitative estimate of drug-likeness (QED) is 0.779. The van der Waals surface area contributed by atoms with Crippen molar-refractivity contribution in [3.63, 3.8) is 0 Å². The third kappa shape index (κ3) is 4.37. The first-order chi connectivity index (χ1) is 11.8. The Balaban J connectivity index is 2.22. The first-order valence-corrected chi connectivity index (χ1v) is 7.66. The monoisotopic (exact) mass is 348 g/mol. The number of amides is 1. The maximum absolute atomic E-state index is 13.3. The van der Waals surface area contributed by atoms with Crippen molar-refractivity contribution in [1.82, 2.24) is 9.88 Å². The van der Waals surface area contributed by atoms with Crippen molar-refractivity contribution < 1.29 is 23.1 Å². The normalized spacial score (nSPS) is 10.4. The lowest BCUT2D eigenvalue weighted by Gasteiger charge is -2.18. The predicted molar refractivity (Wildman–Crippen MR) is 87.1 cm³/mol. The molecule has 5 nitrogen and oxygen atoms in total. The zero-order valence-corrected chi connectivity index (χ0v) is 14.2. The lowest BCUT2D eigenvalue weighted by Crippen LogP contribution is -2.27. The number of benzene rings is 1.